The molecule has 1 heterocycles. The maximum absolute atomic E-state index is 11.0. The van der Waals surface area contributed by atoms with Crippen LogP contribution >= 0.6 is 11.8 Å². The van der Waals surface area contributed by atoms with E-state index in [1.54, 1.807) is 17.8 Å². The van der Waals surface area contributed by atoms with Crippen LogP contribution in [0.4, 0.5) is 17.3 Å². The summed E-state index contributed by atoms with van der Waals surface area (Å²) in [7, 11) is 0. The third kappa shape index (κ3) is 5.24. The van der Waals surface area contributed by atoms with Gasteiger partial charge in [0.05, 0.1) is 4.92 Å². The molecule has 1 atom stereocenters. The summed E-state index contributed by atoms with van der Waals surface area (Å²) < 4.78 is 0. The molecule has 2 N–H and O–H groups in total. The molecule has 0 fully saturated rings. The zero-order valence-corrected chi connectivity index (χ0v) is 13.0. The predicted molar refractivity (Wildman–Crippen MR) is 85.8 cm³/mol. The number of pyridine rings is 1. The van der Waals surface area contributed by atoms with Crippen molar-refractivity contribution in [1.82, 2.24) is 4.98 Å². The molecule has 0 aromatic carbocycles. The van der Waals surface area contributed by atoms with Crippen molar-refractivity contribution in [2.75, 3.05) is 30.0 Å². The Balaban J connectivity index is 2.75. The van der Waals surface area contributed by atoms with E-state index in [0.29, 0.717) is 23.4 Å². The van der Waals surface area contributed by atoms with Gasteiger partial charge in [-0.1, -0.05) is 13.8 Å². The third-order valence-electron chi connectivity index (χ3n) is 2.87. The van der Waals surface area contributed by atoms with Gasteiger partial charge < -0.3 is 10.6 Å². The summed E-state index contributed by atoms with van der Waals surface area (Å²) in [6, 6.07) is 3.13. The molecular formula is C13H22N4O2S. The number of nitrogens with zero attached hydrogens (tertiary/aromatic N) is 2. The number of thioether (sulfide) groups is 1. The van der Waals surface area contributed by atoms with Gasteiger partial charge in [-0.2, -0.15) is 11.8 Å². The number of hydrogen-bond acceptors (Lipinski definition) is 6. The van der Waals surface area contributed by atoms with E-state index < -0.39 is 4.92 Å². The normalized spacial score (nSPS) is 11.9. The highest BCUT2D eigenvalue weighted by molar-refractivity contribution is 7.99. The molecule has 0 aliphatic carbocycles. The lowest BCUT2D eigenvalue weighted by atomic mass is 10.3. The summed E-state index contributed by atoms with van der Waals surface area (Å²) in [6.45, 7) is 5.66. The summed E-state index contributed by atoms with van der Waals surface area (Å²) in [6.07, 6.45) is 3.97. The summed E-state index contributed by atoms with van der Waals surface area (Å²) in [5.74, 6) is 1.00. The topological polar surface area (TPSA) is 80.1 Å². The van der Waals surface area contributed by atoms with E-state index in [1.807, 2.05) is 0 Å². The number of nitro groups is 1. The minimum atomic E-state index is -0.406. The Bertz CT molecular complexity index is 442. The number of hydrogen-bond donors (Lipinski definition) is 2. The third-order valence-corrected chi connectivity index (χ3v) is 3.91. The fraction of sp³-hybridized carbons (Fsp3) is 0.615. The fourth-order valence-corrected chi connectivity index (χ4v) is 1.95. The summed E-state index contributed by atoms with van der Waals surface area (Å²) in [5.41, 5.74) is 0.0175. The second-order valence-electron chi connectivity index (χ2n) is 4.51. The number of anilines is 2. The van der Waals surface area contributed by atoms with Crippen LogP contribution in [0.5, 0.6) is 0 Å². The smallest absolute Gasteiger partial charge is 0.311 e. The van der Waals surface area contributed by atoms with E-state index in [-0.39, 0.29) is 5.69 Å². The van der Waals surface area contributed by atoms with Crippen molar-refractivity contribution < 1.29 is 4.92 Å². The molecule has 20 heavy (non-hydrogen) atoms. The molecule has 0 saturated carbocycles. The summed E-state index contributed by atoms with van der Waals surface area (Å²) in [5, 5.41) is 17.7. The van der Waals surface area contributed by atoms with Gasteiger partial charge in [0, 0.05) is 24.4 Å². The lowest BCUT2D eigenvalue weighted by Gasteiger charge is -2.11. The molecule has 0 spiro atoms. The first-order valence-corrected chi connectivity index (χ1v) is 8.03. The maximum Gasteiger partial charge on any atom is 0.311 e. The van der Waals surface area contributed by atoms with E-state index in [0.717, 1.165) is 19.4 Å². The molecule has 0 saturated heterocycles. The Kier molecular flexibility index (Phi) is 7.14. The van der Waals surface area contributed by atoms with E-state index in [2.05, 4.69) is 35.7 Å². The molecule has 6 nitrogen and oxygen atoms in total. The molecule has 0 amide bonds. The first kappa shape index (κ1) is 16.6. The fourth-order valence-electron chi connectivity index (χ4n) is 1.59. The molecule has 0 aliphatic rings. The van der Waals surface area contributed by atoms with E-state index in [9.17, 15) is 10.1 Å². The molecule has 1 aromatic rings. The zero-order valence-electron chi connectivity index (χ0n) is 12.2. The Morgan fingerprint density at radius 3 is 2.75 bits per heavy atom. The van der Waals surface area contributed by atoms with Gasteiger partial charge >= 0.3 is 5.69 Å². The Morgan fingerprint density at radius 1 is 1.40 bits per heavy atom. The van der Waals surface area contributed by atoms with Crippen molar-refractivity contribution in [2.45, 2.75) is 31.9 Å². The van der Waals surface area contributed by atoms with Crippen LogP contribution in [-0.2, 0) is 0 Å². The second-order valence-corrected chi connectivity index (χ2v) is 5.79. The van der Waals surface area contributed by atoms with E-state index in [1.165, 1.54) is 6.07 Å². The number of nitrogens with one attached hydrogen (secondary N) is 2. The molecule has 0 radical (unpaired) electrons. The standard InChI is InChI=1S/C13H22N4O2S/c1-4-8-14-12-6-5-11(17(18)19)13(16-12)15-9-7-10(2)20-3/h5-6,10H,4,7-9H2,1-3H3,(H2,14,15,16). The minimum absolute atomic E-state index is 0.0175. The molecule has 0 bridgehead atoms. The van der Waals surface area contributed by atoms with Crippen LogP contribution in [0.15, 0.2) is 12.1 Å². The van der Waals surface area contributed by atoms with Crippen LogP contribution in [0, 0.1) is 10.1 Å². The van der Waals surface area contributed by atoms with Gasteiger partial charge in [-0.15, -0.1) is 0 Å². The Labute approximate surface area is 123 Å². The minimum Gasteiger partial charge on any atom is -0.370 e. The predicted octanol–water partition coefficient (Wildman–Crippen LogP) is 3.37. The van der Waals surface area contributed by atoms with Crippen molar-refractivity contribution >= 4 is 29.1 Å². The first-order chi connectivity index (χ1) is 9.58. The lowest BCUT2D eigenvalue weighted by molar-refractivity contribution is -0.384. The molecule has 1 aromatic heterocycles. The molecule has 7 heteroatoms. The Morgan fingerprint density at radius 2 is 2.15 bits per heavy atom. The maximum atomic E-state index is 11.0. The van der Waals surface area contributed by atoms with Crippen LogP contribution < -0.4 is 10.6 Å². The van der Waals surface area contributed by atoms with Gasteiger partial charge in [0.1, 0.15) is 5.82 Å². The lowest BCUT2D eigenvalue weighted by Crippen LogP contribution is -2.11. The Hall–Kier alpha value is -1.50. The van der Waals surface area contributed by atoms with Crippen LogP contribution in [0.2, 0.25) is 0 Å². The molecular weight excluding hydrogens is 276 g/mol. The largest absolute Gasteiger partial charge is 0.370 e. The average Bonchev–Trinajstić information content (AvgIpc) is 2.44. The van der Waals surface area contributed by atoms with Crippen molar-refractivity contribution in [3.8, 4) is 0 Å². The zero-order chi connectivity index (χ0) is 15.0. The van der Waals surface area contributed by atoms with Crippen molar-refractivity contribution in [1.29, 1.82) is 0 Å². The highest BCUT2D eigenvalue weighted by Crippen LogP contribution is 2.24. The first-order valence-electron chi connectivity index (χ1n) is 6.74. The SMILES string of the molecule is CCCNc1ccc([N+](=O)[O-])c(NCCC(C)SC)n1. The van der Waals surface area contributed by atoms with Crippen LogP contribution in [0.25, 0.3) is 0 Å². The van der Waals surface area contributed by atoms with Crippen molar-refractivity contribution in [3.63, 3.8) is 0 Å². The molecule has 112 valence electrons. The van der Waals surface area contributed by atoms with E-state index in [4.69, 9.17) is 0 Å². The summed E-state index contributed by atoms with van der Waals surface area (Å²) in [4.78, 5) is 14.9. The van der Waals surface area contributed by atoms with Gasteiger partial charge in [-0.3, -0.25) is 10.1 Å². The van der Waals surface area contributed by atoms with Gasteiger partial charge in [0.15, 0.2) is 0 Å². The van der Waals surface area contributed by atoms with Gasteiger partial charge in [-0.25, -0.2) is 4.98 Å². The summed E-state index contributed by atoms with van der Waals surface area (Å²) >= 11 is 1.78. The van der Waals surface area contributed by atoms with Gasteiger partial charge in [0.25, 0.3) is 0 Å². The monoisotopic (exact) mass is 298 g/mol. The van der Waals surface area contributed by atoms with Gasteiger partial charge in [0.2, 0.25) is 5.82 Å². The number of aromatic nitrogens is 1. The van der Waals surface area contributed by atoms with Crippen LogP contribution in [0.1, 0.15) is 26.7 Å². The highest BCUT2D eigenvalue weighted by atomic mass is 32.2. The van der Waals surface area contributed by atoms with E-state index >= 15 is 0 Å². The van der Waals surface area contributed by atoms with Crippen molar-refractivity contribution in [3.05, 3.63) is 22.2 Å². The average molecular weight is 298 g/mol. The molecule has 1 unspecified atom stereocenters. The quantitative estimate of drug-likeness (QED) is 0.537. The molecule has 1 rings (SSSR count). The number of rotatable bonds is 9. The highest BCUT2D eigenvalue weighted by Gasteiger charge is 2.15. The van der Waals surface area contributed by atoms with Crippen molar-refractivity contribution in [2.24, 2.45) is 0 Å². The van der Waals surface area contributed by atoms with Crippen LogP contribution in [0.3, 0.4) is 0 Å². The van der Waals surface area contributed by atoms with Crippen LogP contribution in [-0.4, -0.2) is 34.5 Å². The second kappa shape index (κ2) is 8.63. The van der Waals surface area contributed by atoms with Gasteiger partial charge in [-0.05, 0) is 25.2 Å². The molecule has 0 aliphatic heterocycles.